The monoisotopic (exact) mass is 316 g/mol. The first-order chi connectivity index (χ1) is 10.7. The Bertz CT molecular complexity index is 623. The number of amides is 1. The van der Waals surface area contributed by atoms with Crippen LogP contribution in [0.2, 0.25) is 0 Å². The van der Waals surface area contributed by atoms with Crippen molar-refractivity contribution in [1.82, 2.24) is 15.1 Å². The topological polar surface area (TPSA) is 61.0 Å². The van der Waals surface area contributed by atoms with Crippen LogP contribution >= 0.6 is 11.8 Å². The third kappa shape index (κ3) is 3.51. The van der Waals surface area contributed by atoms with Crippen molar-refractivity contribution in [3.8, 4) is 11.1 Å². The summed E-state index contributed by atoms with van der Waals surface area (Å²) in [6.45, 7) is 3.94. The van der Waals surface area contributed by atoms with E-state index >= 15 is 0 Å². The van der Waals surface area contributed by atoms with Crippen LogP contribution in [0.4, 0.5) is 5.69 Å². The molecule has 3 rings (SSSR count). The van der Waals surface area contributed by atoms with Crippen LogP contribution in [-0.2, 0) is 4.79 Å². The molecule has 1 aromatic heterocycles. The molecule has 2 N–H and O–H groups in total. The Kier molecular flexibility index (Phi) is 4.80. The molecule has 0 spiro atoms. The summed E-state index contributed by atoms with van der Waals surface area (Å²) in [4.78, 5) is 14.7. The fraction of sp³-hybridized carbons (Fsp3) is 0.375. The molecule has 1 saturated heterocycles. The second-order valence-electron chi connectivity index (χ2n) is 5.38. The molecule has 2 aromatic rings. The molecule has 1 atom stereocenters. The summed E-state index contributed by atoms with van der Waals surface area (Å²) < 4.78 is 0. The molecule has 0 radical (unpaired) electrons. The fourth-order valence-electron chi connectivity index (χ4n) is 2.56. The minimum atomic E-state index is -0.0986. The maximum Gasteiger partial charge on any atom is 0.241 e. The number of nitrogens with zero attached hydrogens (tertiary/aromatic N) is 2. The number of carbonyl (C=O) groups is 1. The molecule has 0 aliphatic carbocycles. The van der Waals surface area contributed by atoms with E-state index in [4.69, 9.17) is 0 Å². The zero-order valence-corrected chi connectivity index (χ0v) is 13.4. The zero-order valence-electron chi connectivity index (χ0n) is 12.6. The van der Waals surface area contributed by atoms with Crippen LogP contribution in [0.3, 0.4) is 0 Å². The second kappa shape index (κ2) is 6.98. The SMILES string of the molecule is C[C@@H](C(=O)Nc1cccc(-c2cn[nH]c2)c1)N1CCSCC1. The van der Waals surface area contributed by atoms with E-state index in [0.29, 0.717) is 0 Å². The molecule has 0 saturated carbocycles. The van der Waals surface area contributed by atoms with Gasteiger partial charge in [0.2, 0.25) is 5.91 Å². The number of carbonyl (C=O) groups excluding carboxylic acids is 1. The predicted molar refractivity (Wildman–Crippen MR) is 91.0 cm³/mol. The van der Waals surface area contributed by atoms with E-state index in [0.717, 1.165) is 41.4 Å². The number of aromatic nitrogens is 2. The highest BCUT2D eigenvalue weighted by Crippen LogP contribution is 2.22. The minimum absolute atomic E-state index is 0.0521. The smallest absolute Gasteiger partial charge is 0.241 e. The maximum absolute atomic E-state index is 12.4. The van der Waals surface area contributed by atoms with Gasteiger partial charge in [-0.05, 0) is 24.6 Å². The average Bonchev–Trinajstić information content (AvgIpc) is 3.10. The first kappa shape index (κ1) is 15.1. The number of H-pyrrole nitrogens is 1. The molecular formula is C16H20N4OS. The molecule has 1 aliphatic heterocycles. The maximum atomic E-state index is 12.4. The van der Waals surface area contributed by atoms with Gasteiger partial charge in [0, 0.05) is 42.0 Å². The summed E-state index contributed by atoms with van der Waals surface area (Å²) in [6, 6.07) is 7.74. The molecule has 5 nitrogen and oxygen atoms in total. The third-order valence-corrected chi connectivity index (χ3v) is 4.88. The lowest BCUT2D eigenvalue weighted by atomic mass is 10.1. The molecule has 116 valence electrons. The van der Waals surface area contributed by atoms with E-state index < -0.39 is 0 Å². The summed E-state index contributed by atoms with van der Waals surface area (Å²) in [6.07, 6.45) is 3.61. The third-order valence-electron chi connectivity index (χ3n) is 3.93. The molecule has 22 heavy (non-hydrogen) atoms. The Balaban J connectivity index is 1.67. The quantitative estimate of drug-likeness (QED) is 0.909. The van der Waals surface area contributed by atoms with Gasteiger partial charge in [-0.1, -0.05) is 12.1 Å². The normalized spacial score (nSPS) is 17.1. The average molecular weight is 316 g/mol. The predicted octanol–water partition coefficient (Wildman–Crippen LogP) is 2.45. The number of anilines is 1. The van der Waals surface area contributed by atoms with Gasteiger partial charge >= 0.3 is 0 Å². The van der Waals surface area contributed by atoms with Gasteiger partial charge in [0.1, 0.15) is 0 Å². The Morgan fingerprint density at radius 3 is 2.91 bits per heavy atom. The molecule has 1 aliphatic rings. The van der Waals surface area contributed by atoms with Crippen molar-refractivity contribution < 1.29 is 4.79 Å². The van der Waals surface area contributed by atoms with Crippen molar-refractivity contribution in [2.75, 3.05) is 29.9 Å². The van der Waals surface area contributed by atoms with Gasteiger partial charge in [-0.3, -0.25) is 14.8 Å². The van der Waals surface area contributed by atoms with E-state index in [1.54, 1.807) is 6.20 Å². The summed E-state index contributed by atoms with van der Waals surface area (Å²) in [5.41, 5.74) is 2.87. The Labute approximate surface area is 134 Å². The van der Waals surface area contributed by atoms with Crippen molar-refractivity contribution in [2.24, 2.45) is 0 Å². The number of benzene rings is 1. The fourth-order valence-corrected chi connectivity index (χ4v) is 3.49. The molecule has 1 aromatic carbocycles. The first-order valence-corrected chi connectivity index (χ1v) is 8.61. The van der Waals surface area contributed by atoms with Gasteiger partial charge in [0.25, 0.3) is 0 Å². The van der Waals surface area contributed by atoms with E-state index in [2.05, 4.69) is 20.4 Å². The van der Waals surface area contributed by atoms with Gasteiger partial charge < -0.3 is 5.32 Å². The largest absolute Gasteiger partial charge is 0.325 e. The molecular weight excluding hydrogens is 296 g/mol. The lowest BCUT2D eigenvalue weighted by Gasteiger charge is -2.31. The van der Waals surface area contributed by atoms with E-state index in [1.165, 1.54) is 0 Å². The van der Waals surface area contributed by atoms with Gasteiger partial charge in [0.15, 0.2) is 0 Å². The number of rotatable bonds is 4. The molecule has 1 amide bonds. The van der Waals surface area contributed by atoms with E-state index in [1.807, 2.05) is 49.1 Å². The summed E-state index contributed by atoms with van der Waals surface area (Å²) in [5.74, 6) is 2.26. The lowest BCUT2D eigenvalue weighted by Crippen LogP contribution is -2.46. The minimum Gasteiger partial charge on any atom is -0.325 e. The highest BCUT2D eigenvalue weighted by Gasteiger charge is 2.23. The highest BCUT2D eigenvalue weighted by atomic mass is 32.2. The van der Waals surface area contributed by atoms with Crippen LogP contribution in [0.15, 0.2) is 36.7 Å². The van der Waals surface area contributed by atoms with Gasteiger partial charge in [-0.25, -0.2) is 0 Å². The van der Waals surface area contributed by atoms with Gasteiger partial charge in [0.05, 0.1) is 12.2 Å². The highest BCUT2D eigenvalue weighted by molar-refractivity contribution is 7.99. The van der Waals surface area contributed by atoms with Crippen molar-refractivity contribution in [2.45, 2.75) is 13.0 Å². The second-order valence-corrected chi connectivity index (χ2v) is 6.61. The van der Waals surface area contributed by atoms with Crippen LogP contribution in [0, 0.1) is 0 Å². The molecule has 6 heteroatoms. The Morgan fingerprint density at radius 1 is 1.36 bits per heavy atom. The van der Waals surface area contributed by atoms with E-state index in [9.17, 15) is 4.79 Å². The summed E-state index contributed by atoms with van der Waals surface area (Å²) in [7, 11) is 0. The van der Waals surface area contributed by atoms with Crippen LogP contribution in [0.1, 0.15) is 6.92 Å². The standard InChI is InChI=1S/C16H20N4OS/c1-12(20-5-7-22-8-6-20)16(21)19-15-4-2-3-13(9-15)14-10-17-18-11-14/h2-4,9-12H,5-8H2,1H3,(H,17,18)(H,19,21)/t12-/m0/s1. The van der Waals surface area contributed by atoms with Crippen LogP contribution in [0.5, 0.6) is 0 Å². The van der Waals surface area contributed by atoms with Crippen LogP contribution in [-0.4, -0.2) is 51.6 Å². The van der Waals surface area contributed by atoms with Crippen LogP contribution < -0.4 is 5.32 Å². The summed E-state index contributed by atoms with van der Waals surface area (Å²) in [5, 5.41) is 9.78. The Morgan fingerprint density at radius 2 is 2.18 bits per heavy atom. The lowest BCUT2D eigenvalue weighted by molar-refractivity contribution is -0.120. The van der Waals surface area contributed by atoms with Crippen molar-refractivity contribution in [3.05, 3.63) is 36.7 Å². The van der Waals surface area contributed by atoms with Crippen molar-refractivity contribution in [1.29, 1.82) is 0 Å². The number of thioether (sulfide) groups is 1. The van der Waals surface area contributed by atoms with Gasteiger partial charge in [-0.2, -0.15) is 16.9 Å². The van der Waals surface area contributed by atoms with Crippen LogP contribution in [0.25, 0.3) is 11.1 Å². The van der Waals surface area contributed by atoms with Crippen molar-refractivity contribution in [3.63, 3.8) is 0 Å². The number of nitrogens with one attached hydrogen (secondary N) is 2. The van der Waals surface area contributed by atoms with Gasteiger partial charge in [-0.15, -0.1) is 0 Å². The number of aromatic amines is 1. The zero-order chi connectivity index (χ0) is 15.4. The van der Waals surface area contributed by atoms with E-state index in [-0.39, 0.29) is 11.9 Å². The molecule has 0 bridgehead atoms. The summed E-state index contributed by atoms with van der Waals surface area (Å²) >= 11 is 1.95. The number of hydrogen-bond acceptors (Lipinski definition) is 4. The molecule has 1 fully saturated rings. The Hall–Kier alpha value is -1.79. The molecule has 2 heterocycles. The van der Waals surface area contributed by atoms with Crippen molar-refractivity contribution >= 4 is 23.4 Å². The first-order valence-electron chi connectivity index (χ1n) is 7.46. The molecule has 0 unspecified atom stereocenters. The number of hydrogen-bond donors (Lipinski definition) is 2.